The molecule has 1 aliphatic rings. The molecular formula is C16H24ClNO. The van der Waals surface area contributed by atoms with Gasteiger partial charge < -0.3 is 4.74 Å². The first kappa shape index (κ1) is 14.8. The predicted molar refractivity (Wildman–Crippen MR) is 79.2 cm³/mol. The number of hydrogen-bond acceptors (Lipinski definition) is 2. The van der Waals surface area contributed by atoms with Gasteiger partial charge in [0.15, 0.2) is 0 Å². The Kier molecular flexibility index (Phi) is 5.23. The molecule has 0 aliphatic heterocycles. The first-order valence-corrected chi connectivity index (χ1v) is 7.67. The fourth-order valence-corrected chi connectivity index (χ4v) is 3.21. The molecule has 1 aliphatic carbocycles. The molecule has 0 spiro atoms. The Morgan fingerprint density at radius 2 is 2.16 bits per heavy atom. The van der Waals surface area contributed by atoms with Crippen LogP contribution in [0, 0.1) is 17.8 Å². The Balaban J connectivity index is 1.95. The van der Waals surface area contributed by atoms with Crippen LogP contribution in [-0.2, 0) is 11.3 Å². The lowest BCUT2D eigenvalue weighted by atomic mass is 9.75. The molecule has 0 bridgehead atoms. The minimum atomic E-state index is 0.365. The van der Waals surface area contributed by atoms with Gasteiger partial charge in [0.2, 0.25) is 0 Å². The van der Waals surface area contributed by atoms with Crippen LogP contribution in [0.15, 0.2) is 18.2 Å². The minimum Gasteiger partial charge on any atom is -0.372 e. The van der Waals surface area contributed by atoms with Crippen LogP contribution in [0.3, 0.4) is 0 Å². The monoisotopic (exact) mass is 281 g/mol. The van der Waals surface area contributed by atoms with E-state index in [0.717, 1.165) is 11.6 Å². The van der Waals surface area contributed by atoms with Crippen molar-refractivity contribution in [2.75, 3.05) is 0 Å². The van der Waals surface area contributed by atoms with Crippen LogP contribution in [0.2, 0.25) is 5.15 Å². The van der Waals surface area contributed by atoms with E-state index < -0.39 is 0 Å². The highest BCUT2D eigenvalue weighted by atomic mass is 35.5. The fourth-order valence-electron chi connectivity index (χ4n) is 3.03. The number of nitrogens with zero attached hydrogens (tertiary/aromatic N) is 1. The molecular weight excluding hydrogens is 258 g/mol. The van der Waals surface area contributed by atoms with Crippen LogP contribution in [0.25, 0.3) is 0 Å². The molecule has 106 valence electrons. The third-order valence-electron chi connectivity index (χ3n) is 4.18. The number of halogens is 1. The molecule has 19 heavy (non-hydrogen) atoms. The van der Waals surface area contributed by atoms with Gasteiger partial charge in [-0.2, -0.15) is 0 Å². The maximum atomic E-state index is 6.15. The van der Waals surface area contributed by atoms with Gasteiger partial charge in [-0.25, -0.2) is 4.98 Å². The van der Waals surface area contributed by atoms with Crippen LogP contribution in [0.4, 0.5) is 0 Å². The van der Waals surface area contributed by atoms with Crippen molar-refractivity contribution in [3.8, 4) is 0 Å². The molecule has 3 unspecified atom stereocenters. The molecule has 0 aromatic carbocycles. The van der Waals surface area contributed by atoms with Crippen molar-refractivity contribution in [3.05, 3.63) is 29.0 Å². The molecule has 0 N–H and O–H groups in total. The van der Waals surface area contributed by atoms with Gasteiger partial charge in [-0.05, 0) is 42.7 Å². The van der Waals surface area contributed by atoms with E-state index >= 15 is 0 Å². The number of hydrogen-bond donors (Lipinski definition) is 0. The Hall–Kier alpha value is -0.600. The highest BCUT2D eigenvalue weighted by Gasteiger charge is 2.31. The smallest absolute Gasteiger partial charge is 0.129 e. The van der Waals surface area contributed by atoms with Gasteiger partial charge >= 0.3 is 0 Å². The van der Waals surface area contributed by atoms with E-state index in [0.29, 0.717) is 29.7 Å². The molecule has 1 fully saturated rings. The number of ether oxygens (including phenoxy) is 1. The first-order valence-electron chi connectivity index (χ1n) is 7.29. The summed E-state index contributed by atoms with van der Waals surface area (Å²) in [5.41, 5.74) is 0.924. The molecule has 0 radical (unpaired) electrons. The molecule has 3 heteroatoms. The molecule has 1 aromatic rings. The second-order valence-corrected chi connectivity index (χ2v) is 6.51. The van der Waals surface area contributed by atoms with Gasteiger partial charge in [0.25, 0.3) is 0 Å². The van der Waals surface area contributed by atoms with Crippen molar-refractivity contribution in [1.82, 2.24) is 4.98 Å². The molecule has 2 rings (SSSR count). The first-order chi connectivity index (χ1) is 9.06. The van der Waals surface area contributed by atoms with Crippen LogP contribution >= 0.6 is 11.6 Å². The van der Waals surface area contributed by atoms with Crippen molar-refractivity contribution in [3.63, 3.8) is 0 Å². The molecule has 3 atom stereocenters. The van der Waals surface area contributed by atoms with E-state index in [1.807, 2.05) is 12.1 Å². The van der Waals surface area contributed by atoms with Gasteiger partial charge in [0, 0.05) is 0 Å². The average Bonchev–Trinajstić information content (AvgIpc) is 2.36. The fraction of sp³-hybridized carbons (Fsp3) is 0.688. The summed E-state index contributed by atoms with van der Waals surface area (Å²) in [7, 11) is 0. The topological polar surface area (TPSA) is 22.1 Å². The van der Waals surface area contributed by atoms with Crippen molar-refractivity contribution in [2.24, 2.45) is 17.8 Å². The maximum absolute atomic E-state index is 6.15. The summed E-state index contributed by atoms with van der Waals surface area (Å²) in [6, 6.07) is 5.70. The molecule has 1 aromatic heterocycles. The lowest BCUT2D eigenvalue weighted by molar-refractivity contribution is -0.0483. The van der Waals surface area contributed by atoms with Gasteiger partial charge in [-0.15, -0.1) is 0 Å². The van der Waals surface area contributed by atoms with Crippen LogP contribution in [0.1, 0.15) is 45.7 Å². The van der Waals surface area contributed by atoms with Crippen molar-refractivity contribution in [2.45, 2.75) is 52.7 Å². The molecule has 1 heterocycles. The van der Waals surface area contributed by atoms with E-state index in [-0.39, 0.29) is 0 Å². The van der Waals surface area contributed by atoms with Gasteiger partial charge in [-0.1, -0.05) is 44.9 Å². The normalized spacial score (nSPS) is 27.7. The summed E-state index contributed by atoms with van der Waals surface area (Å²) in [6.07, 6.45) is 4.15. The zero-order chi connectivity index (χ0) is 13.8. The Morgan fingerprint density at radius 3 is 2.84 bits per heavy atom. The van der Waals surface area contributed by atoms with Crippen molar-refractivity contribution in [1.29, 1.82) is 0 Å². The zero-order valence-corrected chi connectivity index (χ0v) is 12.9. The van der Waals surface area contributed by atoms with Gasteiger partial charge in [0.1, 0.15) is 5.15 Å². The zero-order valence-electron chi connectivity index (χ0n) is 12.1. The molecule has 2 nitrogen and oxygen atoms in total. The largest absolute Gasteiger partial charge is 0.372 e. The number of rotatable bonds is 4. The van der Waals surface area contributed by atoms with E-state index in [1.165, 1.54) is 19.3 Å². The SMILES string of the molecule is CC1CCC(C(C)C)C(OCc2cccc(Cl)n2)C1. The molecule has 1 saturated carbocycles. The highest BCUT2D eigenvalue weighted by Crippen LogP contribution is 2.35. The van der Waals surface area contributed by atoms with Crippen molar-refractivity contribution >= 4 is 11.6 Å². The van der Waals surface area contributed by atoms with Crippen molar-refractivity contribution < 1.29 is 4.74 Å². The third kappa shape index (κ3) is 4.19. The number of aromatic nitrogens is 1. The van der Waals surface area contributed by atoms with Crippen LogP contribution in [0.5, 0.6) is 0 Å². The average molecular weight is 282 g/mol. The van der Waals surface area contributed by atoms with E-state index in [9.17, 15) is 0 Å². The molecule has 0 amide bonds. The summed E-state index contributed by atoms with van der Waals surface area (Å²) in [5, 5.41) is 0.540. The summed E-state index contributed by atoms with van der Waals surface area (Å²) < 4.78 is 6.15. The van der Waals surface area contributed by atoms with E-state index in [4.69, 9.17) is 16.3 Å². The Morgan fingerprint density at radius 1 is 1.37 bits per heavy atom. The summed E-state index contributed by atoms with van der Waals surface area (Å²) in [6.45, 7) is 7.50. The van der Waals surface area contributed by atoms with Gasteiger partial charge in [0.05, 0.1) is 18.4 Å². The summed E-state index contributed by atoms with van der Waals surface area (Å²) in [4.78, 5) is 4.29. The minimum absolute atomic E-state index is 0.365. The van der Waals surface area contributed by atoms with Gasteiger partial charge in [-0.3, -0.25) is 0 Å². The quantitative estimate of drug-likeness (QED) is 0.746. The predicted octanol–water partition coefficient (Wildman–Crippen LogP) is 4.71. The number of pyridine rings is 1. The Labute approximate surface area is 121 Å². The molecule has 0 saturated heterocycles. The van der Waals surface area contributed by atoms with E-state index in [2.05, 4.69) is 25.8 Å². The Bertz CT molecular complexity index is 407. The standard InChI is InChI=1S/C16H24ClNO/c1-11(2)14-8-7-12(3)9-15(14)19-10-13-5-4-6-16(17)18-13/h4-6,11-12,14-15H,7-10H2,1-3H3. The lowest BCUT2D eigenvalue weighted by Gasteiger charge is -2.37. The third-order valence-corrected chi connectivity index (χ3v) is 4.39. The van der Waals surface area contributed by atoms with Crippen LogP contribution < -0.4 is 0 Å². The van der Waals surface area contributed by atoms with Crippen LogP contribution in [-0.4, -0.2) is 11.1 Å². The lowest BCUT2D eigenvalue weighted by Crippen LogP contribution is -2.34. The summed E-state index contributed by atoms with van der Waals surface area (Å²) >= 11 is 5.90. The second-order valence-electron chi connectivity index (χ2n) is 6.13. The second kappa shape index (κ2) is 6.71. The van der Waals surface area contributed by atoms with E-state index in [1.54, 1.807) is 6.07 Å². The highest BCUT2D eigenvalue weighted by molar-refractivity contribution is 6.29. The summed E-state index contributed by atoms with van der Waals surface area (Å²) in [5.74, 6) is 2.13. The maximum Gasteiger partial charge on any atom is 0.129 e.